The molecule has 21 heavy (non-hydrogen) atoms. The molecule has 2 aromatic rings. The van der Waals surface area contributed by atoms with Gasteiger partial charge in [-0.1, -0.05) is 6.07 Å². The number of benzene rings is 1. The first kappa shape index (κ1) is 15.0. The van der Waals surface area contributed by atoms with Crippen LogP contribution in [0.1, 0.15) is 28.5 Å². The molecule has 0 aliphatic rings. The number of nitrogens with two attached hydrogens (primary N) is 1. The number of aromatic nitrogens is 2. The van der Waals surface area contributed by atoms with E-state index in [2.05, 4.69) is 4.98 Å². The standard InChI is InChI=1S/C15H18FN3O2/c1-3-21-15(20)13-14(17)19(9-18-13)7-6-11-4-5-12(16)8-10(11)2/h4-5,8-9H,3,6-7,17H2,1-2H3. The number of hydrogen-bond donors (Lipinski definition) is 1. The minimum Gasteiger partial charge on any atom is -0.461 e. The largest absolute Gasteiger partial charge is 0.461 e. The highest BCUT2D eigenvalue weighted by atomic mass is 19.1. The molecular formula is C15H18FN3O2. The lowest BCUT2D eigenvalue weighted by Crippen LogP contribution is -2.11. The summed E-state index contributed by atoms with van der Waals surface area (Å²) in [6, 6.07) is 4.68. The van der Waals surface area contributed by atoms with E-state index in [0.717, 1.165) is 11.1 Å². The van der Waals surface area contributed by atoms with Crippen molar-refractivity contribution in [1.29, 1.82) is 0 Å². The molecule has 2 rings (SSSR count). The number of esters is 1. The van der Waals surface area contributed by atoms with Crippen LogP contribution < -0.4 is 5.73 Å². The van der Waals surface area contributed by atoms with E-state index in [-0.39, 0.29) is 23.9 Å². The van der Waals surface area contributed by atoms with Gasteiger partial charge in [0.05, 0.1) is 12.9 Å². The highest BCUT2D eigenvalue weighted by Crippen LogP contribution is 2.15. The molecule has 1 heterocycles. The second-order valence-corrected chi connectivity index (χ2v) is 4.71. The maximum absolute atomic E-state index is 13.1. The number of anilines is 1. The van der Waals surface area contributed by atoms with Crippen molar-refractivity contribution in [3.05, 3.63) is 47.2 Å². The van der Waals surface area contributed by atoms with Crippen LogP contribution in [0, 0.1) is 12.7 Å². The lowest BCUT2D eigenvalue weighted by molar-refractivity contribution is 0.0521. The van der Waals surface area contributed by atoms with E-state index < -0.39 is 5.97 Å². The number of aryl methyl sites for hydroxylation is 3. The quantitative estimate of drug-likeness (QED) is 0.858. The van der Waals surface area contributed by atoms with Crippen molar-refractivity contribution >= 4 is 11.8 Å². The summed E-state index contributed by atoms with van der Waals surface area (Å²) in [6.07, 6.45) is 2.19. The van der Waals surface area contributed by atoms with Crippen molar-refractivity contribution in [2.24, 2.45) is 0 Å². The van der Waals surface area contributed by atoms with Crippen LogP contribution in [0.25, 0.3) is 0 Å². The highest BCUT2D eigenvalue weighted by molar-refractivity contribution is 5.92. The Bertz CT molecular complexity index is 652. The van der Waals surface area contributed by atoms with Crippen molar-refractivity contribution in [2.45, 2.75) is 26.8 Å². The molecule has 1 aromatic heterocycles. The third-order valence-corrected chi connectivity index (χ3v) is 3.27. The van der Waals surface area contributed by atoms with E-state index in [1.54, 1.807) is 17.6 Å². The van der Waals surface area contributed by atoms with Gasteiger partial charge < -0.3 is 15.0 Å². The first-order valence-corrected chi connectivity index (χ1v) is 6.75. The number of halogens is 1. The van der Waals surface area contributed by atoms with Crippen molar-refractivity contribution in [2.75, 3.05) is 12.3 Å². The van der Waals surface area contributed by atoms with Crippen molar-refractivity contribution in [3.63, 3.8) is 0 Å². The molecule has 6 heteroatoms. The molecule has 0 amide bonds. The molecule has 112 valence electrons. The maximum Gasteiger partial charge on any atom is 0.360 e. The Morgan fingerprint density at radius 1 is 1.48 bits per heavy atom. The van der Waals surface area contributed by atoms with Crippen molar-refractivity contribution in [1.82, 2.24) is 9.55 Å². The van der Waals surface area contributed by atoms with Crippen LogP contribution in [0.4, 0.5) is 10.2 Å². The number of carbonyl (C=O) groups excluding carboxylic acids is 1. The Morgan fingerprint density at radius 3 is 2.90 bits per heavy atom. The summed E-state index contributed by atoms with van der Waals surface area (Å²) in [5.41, 5.74) is 7.95. The molecule has 1 aromatic carbocycles. The summed E-state index contributed by atoms with van der Waals surface area (Å²) in [5, 5.41) is 0. The number of rotatable bonds is 5. The molecule has 0 spiro atoms. The van der Waals surface area contributed by atoms with Gasteiger partial charge in [-0.3, -0.25) is 0 Å². The van der Waals surface area contributed by atoms with Gasteiger partial charge in [0.1, 0.15) is 11.6 Å². The molecular weight excluding hydrogens is 273 g/mol. The van der Waals surface area contributed by atoms with Crippen LogP contribution in [0.2, 0.25) is 0 Å². The zero-order chi connectivity index (χ0) is 15.4. The minimum absolute atomic E-state index is 0.132. The zero-order valence-electron chi connectivity index (χ0n) is 12.1. The molecule has 0 saturated carbocycles. The number of ether oxygens (including phenoxy) is 1. The van der Waals surface area contributed by atoms with E-state index in [9.17, 15) is 9.18 Å². The predicted molar refractivity (Wildman–Crippen MR) is 77.4 cm³/mol. The molecule has 0 saturated heterocycles. The average molecular weight is 291 g/mol. The lowest BCUT2D eigenvalue weighted by Gasteiger charge is -2.08. The third-order valence-electron chi connectivity index (χ3n) is 3.27. The SMILES string of the molecule is CCOC(=O)c1ncn(CCc2ccc(F)cc2C)c1N. The molecule has 5 nitrogen and oxygen atoms in total. The summed E-state index contributed by atoms with van der Waals surface area (Å²) in [6.45, 7) is 4.42. The van der Waals surface area contributed by atoms with Gasteiger partial charge >= 0.3 is 5.97 Å². The van der Waals surface area contributed by atoms with E-state index in [4.69, 9.17) is 10.5 Å². The van der Waals surface area contributed by atoms with E-state index >= 15 is 0 Å². The number of nitrogen functional groups attached to an aromatic ring is 1. The van der Waals surface area contributed by atoms with E-state index in [1.807, 2.05) is 6.92 Å². The molecule has 0 aliphatic heterocycles. The Morgan fingerprint density at radius 2 is 2.24 bits per heavy atom. The molecule has 0 fully saturated rings. The van der Waals surface area contributed by atoms with Crippen LogP contribution in [-0.2, 0) is 17.7 Å². The molecule has 0 bridgehead atoms. The van der Waals surface area contributed by atoms with Gasteiger partial charge in [0.25, 0.3) is 0 Å². The lowest BCUT2D eigenvalue weighted by atomic mass is 10.1. The normalized spacial score (nSPS) is 10.6. The number of hydrogen-bond acceptors (Lipinski definition) is 4. The van der Waals surface area contributed by atoms with Gasteiger partial charge in [0.2, 0.25) is 0 Å². The smallest absolute Gasteiger partial charge is 0.360 e. The minimum atomic E-state index is -0.522. The Hall–Kier alpha value is -2.37. The van der Waals surface area contributed by atoms with Crippen LogP contribution in [-0.4, -0.2) is 22.1 Å². The summed E-state index contributed by atoms with van der Waals surface area (Å²) in [4.78, 5) is 15.6. The monoisotopic (exact) mass is 291 g/mol. The van der Waals surface area contributed by atoms with Gasteiger partial charge in [0, 0.05) is 6.54 Å². The van der Waals surface area contributed by atoms with Gasteiger partial charge in [-0.05, 0) is 43.5 Å². The molecule has 0 aliphatic carbocycles. The Labute approximate surface area is 122 Å². The van der Waals surface area contributed by atoms with Gasteiger partial charge in [-0.25, -0.2) is 14.2 Å². The van der Waals surface area contributed by atoms with Crippen LogP contribution in [0.3, 0.4) is 0 Å². The van der Waals surface area contributed by atoms with Gasteiger partial charge in [-0.2, -0.15) is 0 Å². The summed E-state index contributed by atoms with van der Waals surface area (Å²) in [5.74, 6) is -0.483. The topological polar surface area (TPSA) is 70.1 Å². The van der Waals surface area contributed by atoms with Gasteiger partial charge in [-0.15, -0.1) is 0 Å². The number of carbonyl (C=O) groups is 1. The number of nitrogens with zero attached hydrogens (tertiary/aromatic N) is 2. The summed E-state index contributed by atoms with van der Waals surface area (Å²) >= 11 is 0. The fraction of sp³-hybridized carbons (Fsp3) is 0.333. The first-order chi connectivity index (χ1) is 10.0. The fourth-order valence-electron chi connectivity index (χ4n) is 2.11. The van der Waals surface area contributed by atoms with Crippen molar-refractivity contribution < 1.29 is 13.9 Å². The average Bonchev–Trinajstić information content (AvgIpc) is 2.79. The van der Waals surface area contributed by atoms with Crippen LogP contribution >= 0.6 is 0 Å². The highest BCUT2D eigenvalue weighted by Gasteiger charge is 2.16. The maximum atomic E-state index is 13.1. The molecule has 0 atom stereocenters. The fourth-order valence-corrected chi connectivity index (χ4v) is 2.11. The number of imidazole rings is 1. The van der Waals surface area contributed by atoms with Crippen molar-refractivity contribution in [3.8, 4) is 0 Å². The summed E-state index contributed by atoms with van der Waals surface area (Å²) < 4.78 is 19.6. The third kappa shape index (κ3) is 3.39. The molecule has 0 radical (unpaired) electrons. The molecule has 0 unspecified atom stereocenters. The van der Waals surface area contributed by atoms with Gasteiger partial charge in [0.15, 0.2) is 5.69 Å². The van der Waals surface area contributed by atoms with E-state index in [0.29, 0.717) is 13.0 Å². The summed E-state index contributed by atoms with van der Waals surface area (Å²) in [7, 11) is 0. The second kappa shape index (κ2) is 6.39. The van der Waals surface area contributed by atoms with Crippen LogP contribution in [0.15, 0.2) is 24.5 Å². The van der Waals surface area contributed by atoms with Crippen LogP contribution in [0.5, 0.6) is 0 Å². The second-order valence-electron chi connectivity index (χ2n) is 4.71. The predicted octanol–water partition coefficient (Wildman–Crippen LogP) is 2.33. The molecule has 2 N–H and O–H groups in total. The zero-order valence-corrected chi connectivity index (χ0v) is 12.1. The first-order valence-electron chi connectivity index (χ1n) is 6.75. The Kier molecular flexibility index (Phi) is 4.57. The van der Waals surface area contributed by atoms with E-state index in [1.165, 1.54) is 18.5 Å². The Balaban J connectivity index is 2.09.